The van der Waals surface area contributed by atoms with E-state index in [4.69, 9.17) is 9.40 Å². The Bertz CT molecular complexity index is 2560. The highest BCUT2D eigenvalue weighted by Gasteiger charge is 2.23. The lowest BCUT2D eigenvalue weighted by Gasteiger charge is -2.27. The first-order valence-corrected chi connectivity index (χ1v) is 16.9. The maximum atomic E-state index is 6.77. The summed E-state index contributed by atoms with van der Waals surface area (Å²) >= 11 is 0. The van der Waals surface area contributed by atoms with E-state index in [0.29, 0.717) is 5.89 Å². The van der Waals surface area contributed by atoms with E-state index in [-0.39, 0.29) is 0 Å². The van der Waals surface area contributed by atoms with Crippen LogP contribution in [-0.4, -0.2) is 4.98 Å². The van der Waals surface area contributed by atoms with E-state index in [1.54, 1.807) is 0 Å². The Morgan fingerprint density at radius 1 is 0.400 bits per heavy atom. The van der Waals surface area contributed by atoms with Gasteiger partial charge in [-0.3, -0.25) is 0 Å². The molecule has 9 aromatic rings. The van der Waals surface area contributed by atoms with Crippen molar-refractivity contribution in [2.24, 2.45) is 0 Å². The molecule has 9 rings (SSSR count). The number of anilines is 3. The highest BCUT2D eigenvalue weighted by atomic mass is 16.3. The second-order valence-electron chi connectivity index (χ2n) is 12.4. The molecule has 236 valence electrons. The number of nitrogens with zero attached hydrogens (tertiary/aromatic N) is 2. The largest absolute Gasteiger partial charge is 0.434 e. The molecule has 0 aliphatic heterocycles. The van der Waals surface area contributed by atoms with Gasteiger partial charge in [0.1, 0.15) is 5.52 Å². The van der Waals surface area contributed by atoms with Gasteiger partial charge in [-0.25, -0.2) is 4.98 Å². The van der Waals surface area contributed by atoms with Crippen LogP contribution >= 0.6 is 0 Å². The maximum absolute atomic E-state index is 6.77. The van der Waals surface area contributed by atoms with Crippen LogP contribution in [0.1, 0.15) is 0 Å². The second kappa shape index (κ2) is 12.7. The molecular formula is C47H32N2O. The Balaban J connectivity index is 1.31. The first-order valence-electron chi connectivity index (χ1n) is 16.9. The molecule has 3 nitrogen and oxygen atoms in total. The van der Waals surface area contributed by atoms with Crippen molar-refractivity contribution in [1.82, 2.24) is 4.98 Å². The van der Waals surface area contributed by atoms with Crippen LogP contribution < -0.4 is 4.90 Å². The first kappa shape index (κ1) is 29.4. The quantitative estimate of drug-likeness (QED) is 0.174. The molecule has 0 fully saturated rings. The molecule has 0 unspecified atom stereocenters. The number of hydrogen-bond donors (Lipinski definition) is 0. The van der Waals surface area contributed by atoms with Crippen LogP contribution in [0.5, 0.6) is 0 Å². The molecular weight excluding hydrogens is 609 g/mol. The average molecular weight is 641 g/mol. The van der Waals surface area contributed by atoms with Crippen molar-refractivity contribution < 1.29 is 4.42 Å². The fourth-order valence-corrected chi connectivity index (χ4v) is 6.86. The zero-order chi connectivity index (χ0) is 33.3. The number of oxazole rings is 1. The van der Waals surface area contributed by atoms with Crippen molar-refractivity contribution in [3.8, 4) is 44.8 Å². The number of benzene rings is 8. The lowest BCUT2D eigenvalue weighted by molar-refractivity contribution is 0.620. The molecule has 50 heavy (non-hydrogen) atoms. The van der Waals surface area contributed by atoms with Gasteiger partial charge in [-0.2, -0.15) is 0 Å². The van der Waals surface area contributed by atoms with Crippen LogP contribution in [0.25, 0.3) is 66.7 Å². The number of hydrogen-bond acceptors (Lipinski definition) is 3. The summed E-state index contributed by atoms with van der Waals surface area (Å²) in [5.74, 6) is 0.599. The summed E-state index contributed by atoms with van der Waals surface area (Å²) in [6.07, 6.45) is 0. The molecule has 1 aromatic heterocycles. The highest BCUT2D eigenvalue weighted by molar-refractivity contribution is 6.11. The van der Waals surface area contributed by atoms with Gasteiger partial charge in [0.05, 0.1) is 5.69 Å². The van der Waals surface area contributed by atoms with Gasteiger partial charge in [0.2, 0.25) is 5.89 Å². The van der Waals surface area contributed by atoms with Crippen molar-refractivity contribution in [1.29, 1.82) is 0 Å². The third-order valence-electron chi connectivity index (χ3n) is 9.29. The predicted octanol–water partition coefficient (Wildman–Crippen LogP) is 13.1. The van der Waals surface area contributed by atoms with Crippen molar-refractivity contribution in [3.05, 3.63) is 194 Å². The minimum Gasteiger partial charge on any atom is -0.434 e. The first-order chi connectivity index (χ1) is 24.8. The number of rotatable bonds is 7. The van der Waals surface area contributed by atoms with E-state index >= 15 is 0 Å². The van der Waals surface area contributed by atoms with Crippen molar-refractivity contribution in [3.63, 3.8) is 0 Å². The zero-order valence-electron chi connectivity index (χ0n) is 27.3. The lowest BCUT2D eigenvalue weighted by Crippen LogP contribution is -2.11. The maximum Gasteiger partial charge on any atom is 0.227 e. The van der Waals surface area contributed by atoms with Gasteiger partial charge in [-0.05, 0) is 81.2 Å². The highest BCUT2D eigenvalue weighted by Crippen LogP contribution is 2.45. The molecule has 0 aliphatic carbocycles. The summed E-state index contributed by atoms with van der Waals surface area (Å²) in [6.45, 7) is 0. The Morgan fingerprint density at radius 2 is 0.920 bits per heavy atom. The third kappa shape index (κ3) is 5.41. The van der Waals surface area contributed by atoms with Crippen molar-refractivity contribution in [2.75, 3.05) is 4.90 Å². The topological polar surface area (TPSA) is 29.3 Å². The van der Waals surface area contributed by atoms with E-state index in [0.717, 1.165) is 61.2 Å². The number of fused-ring (bicyclic) bond motifs is 3. The van der Waals surface area contributed by atoms with Crippen LogP contribution in [0, 0.1) is 0 Å². The molecule has 0 amide bonds. The Labute approximate surface area is 291 Å². The molecule has 0 saturated heterocycles. The molecule has 0 aliphatic rings. The number of aromatic nitrogens is 1. The SMILES string of the molecule is c1ccc(-c2ccc(N(c3ccc(-c4ccccc4)c(-c4ccccc4)c3)c3cc4ccccc4c4nc(-c5ccccc5)oc34)cc2)cc1. The van der Waals surface area contributed by atoms with E-state index < -0.39 is 0 Å². The predicted molar refractivity (Wildman–Crippen MR) is 208 cm³/mol. The molecule has 0 bridgehead atoms. The van der Waals surface area contributed by atoms with Crippen molar-refractivity contribution >= 4 is 38.9 Å². The van der Waals surface area contributed by atoms with E-state index in [2.05, 4.69) is 169 Å². The van der Waals surface area contributed by atoms with Gasteiger partial charge in [0.25, 0.3) is 0 Å². The van der Waals surface area contributed by atoms with Gasteiger partial charge in [0, 0.05) is 22.3 Å². The summed E-state index contributed by atoms with van der Waals surface area (Å²) in [5, 5.41) is 2.15. The summed E-state index contributed by atoms with van der Waals surface area (Å²) in [6, 6.07) is 68.1. The summed E-state index contributed by atoms with van der Waals surface area (Å²) in [7, 11) is 0. The summed E-state index contributed by atoms with van der Waals surface area (Å²) in [5.41, 5.74) is 12.5. The molecule has 0 N–H and O–H groups in total. The van der Waals surface area contributed by atoms with E-state index in [9.17, 15) is 0 Å². The molecule has 1 heterocycles. The van der Waals surface area contributed by atoms with Gasteiger partial charge in [-0.15, -0.1) is 0 Å². The van der Waals surface area contributed by atoms with Crippen LogP contribution in [-0.2, 0) is 0 Å². The Hall–Kier alpha value is -6.71. The Kier molecular flexibility index (Phi) is 7.49. The minimum absolute atomic E-state index is 0.599. The van der Waals surface area contributed by atoms with E-state index in [1.807, 2.05) is 30.3 Å². The molecule has 3 heteroatoms. The van der Waals surface area contributed by atoms with Crippen LogP contribution in [0.3, 0.4) is 0 Å². The van der Waals surface area contributed by atoms with Crippen LogP contribution in [0.15, 0.2) is 199 Å². The molecule has 0 saturated carbocycles. The van der Waals surface area contributed by atoms with Crippen LogP contribution in [0.2, 0.25) is 0 Å². The van der Waals surface area contributed by atoms with Gasteiger partial charge >= 0.3 is 0 Å². The molecule has 0 radical (unpaired) electrons. The zero-order valence-corrected chi connectivity index (χ0v) is 27.3. The van der Waals surface area contributed by atoms with Crippen LogP contribution in [0.4, 0.5) is 17.1 Å². The van der Waals surface area contributed by atoms with Gasteiger partial charge < -0.3 is 9.32 Å². The third-order valence-corrected chi connectivity index (χ3v) is 9.29. The monoisotopic (exact) mass is 640 g/mol. The minimum atomic E-state index is 0.599. The van der Waals surface area contributed by atoms with Crippen molar-refractivity contribution in [2.45, 2.75) is 0 Å². The normalized spacial score (nSPS) is 11.2. The fraction of sp³-hybridized carbons (Fsp3) is 0. The average Bonchev–Trinajstić information content (AvgIpc) is 3.66. The standard InChI is InChI=1S/C47H32N2O/c1-5-15-33(16-6-1)34-25-27-39(28-26-34)49(40-29-30-41(35-17-7-2-8-18-35)43(32-40)36-19-9-3-10-20-36)44-31-38-23-13-14-24-42(38)45-46(44)50-47(48-45)37-21-11-4-12-22-37/h1-32H. The second-order valence-corrected chi connectivity index (χ2v) is 12.4. The van der Waals surface area contributed by atoms with E-state index in [1.165, 1.54) is 16.7 Å². The molecule has 0 atom stereocenters. The van der Waals surface area contributed by atoms with Gasteiger partial charge in [0.15, 0.2) is 5.58 Å². The smallest absolute Gasteiger partial charge is 0.227 e. The fourth-order valence-electron chi connectivity index (χ4n) is 6.86. The molecule has 0 spiro atoms. The lowest BCUT2D eigenvalue weighted by atomic mass is 9.93. The summed E-state index contributed by atoms with van der Waals surface area (Å²) in [4.78, 5) is 7.43. The van der Waals surface area contributed by atoms with Gasteiger partial charge in [-0.1, -0.05) is 152 Å². The summed E-state index contributed by atoms with van der Waals surface area (Å²) < 4.78 is 6.77. The Morgan fingerprint density at radius 3 is 1.58 bits per heavy atom. The molecule has 8 aromatic carbocycles.